The van der Waals surface area contributed by atoms with Gasteiger partial charge < -0.3 is 19.4 Å². The van der Waals surface area contributed by atoms with E-state index in [0.29, 0.717) is 23.9 Å². The Morgan fingerprint density at radius 3 is 1.18 bits per heavy atom. The van der Waals surface area contributed by atoms with Crippen LogP contribution in [-0.2, 0) is 27.9 Å². The zero-order valence-electron chi connectivity index (χ0n) is 49.4. The Hall–Kier alpha value is -1.51. The van der Waals surface area contributed by atoms with Crippen LogP contribution < -0.4 is 5.32 Å². The number of phosphoric acid groups is 1. The van der Waals surface area contributed by atoms with Gasteiger partial charge in [0.25, 0.3) is 0 Å². The first-order chi connectivity index (χ1) is 35.4. The third-order valence-electron chi connectivity index (χ3n) is 14.4. The number of ether oxygens (including phenoxy) is 1. The third kappa shape index (κ3) is 55.1. The van der Waals surface area contributed by atoms with Crippen LogP contribution in [0.5, 0.6) is 0 Å². The van der Waals surface area contributed by atoms with Crippen molar-refractivity contribution in [2.45, 2.75) is 328 Å². The molecule has 0 heterocycles. The van der Waals surface area contributed by atoms with E-state index in [1.807, 2.05) is 33.3 Å². The number of unbranched alkanes of at least 4 members (excludes halogenated alkanes) is 40. The van der Waals surface area contributed by atoms with Crippen molar-refractivity contribution < 1.29 is 37.3 Å². The van der Waals surface area contributed by atoms with Crippen molar-refractivity contribution in [2.75, 3.05) is 40.9 Å². The molecule has 3 atom stereocenters. The Labute approximate surface area is 454 Å². The van der Waals surface area contributed by atoms with Gasteiger partial charge in [-0.2, -0.15) is 0 Å². The number of likely N-dealkylation sites (N-methyl/N-ethyl adjacent to an activating group) is 1. The van der Waals surface area contributed by atoms with Crippen LogP contribution in [0.4, 0.5) is 0 Å². The number of amides is 1. The van der Waals surface area contributed by atoms with Crippen molar-refractivity contribution in [3.8, 4) is 0 Å². The van der Waals surface area contributed by atoms with E-state index in [1.165, 1.54) is 225 Å². The van der Waals surface area contributed by atoms with E-state index in [4.69, 9.17) is 13.8 Å². The number of carbonyl (C=O) groups excluding carboxylic acids is 2. The van der Waals surface area contributed by atoms with Gasteiger partial charge in [-0.25, -0.2) is 4.57 Å². The predicted octanol–water partition coefficient (Wildman–Crippen LogP) is 19.3. The molecule has 10 heteroatoms. The number of nitrogens with zero attached hydrogens (tertiary/aromatic N) is 1. The lowest BCUT2D eigenvalue weighted by molar-refractivity contribution is -0.870. The van der Waals surface area contributed by atoms with Gasteiger partial charge in [0.2, 0.25) is 5.91 Å². The molecule has 73 heavy (non-hydrogen) atoms. The molecule has 9 nitrogen and oxygen atoms in total. The second kappa shape index (κ2) is 53.9. The summed E-state index contributed by atoms with van der Waals surface area (Å²) in [6.45, 7) is 7.04. The van der Waals surface area contributed by atoms with Gasteiger partial charge in [-0.15, -0.1) is 0 Å². The quantitative estimate of drug-likeness (QED) is 0.0205. The van der Waals surface area contributed by atoms with Crippen molar-refractivity contribution >= 4 is 19.7 Å². The SMILES string of the molecule is CCCCCC/C=C\CCCCCCCCCC(=O)OC(/C=C/CCCCCCCCCCC)C(COP(=O)(O)OCC[N+](C)(C)C)NC(=O)CCCCCCCCCCCCCCCCCCCCCCC. The molecular formula is C63H124N2O7P+. The summed E-state index contributed by atoms with van der Waals surface area (Å²) in [5.41, 5.74) is 0. The van der Waals surface area contributed by atoms with Gasteiger partial charge >= 0.3 is 13.8 Å². The van der Waals surface area contributed by atoms with Gasteiger partial charge in [0.05, 0.1) is 33.8 Å². The zero-order valence-corrected chi connectivity index (χ0v) is 50.3. The van der Waals surface area contributed by atoms with Crippen molar-refractivity contribution in [3.05, 3.63) is 24.3 Å². The summed E-state index contributed by atoms with van der Waals surface area (Å²) < 4.78 is 30.7. The van der Waals surface area contributed by atoms with Crippen LogP contribution in [0.25, 0.3) is 0 Å². The summed E-state index contributed by atoms with van der Waals surface area (Å²) in [4.78, 5) is 37.7. The van der Waals surface area contributed by atoms with Gasteiger partial charge in [-0.3, -0.25) is 18.6 Å². The predicted molar refractivity (Wildman–Crippen MR) is 314 cm³/mol. The van der Waals surface area contributed by atoms with E-state index >= 15 is 0 Å². The van der Waals surface area contributed by atoms with Gasteiger partial charge in [0, 0.05) is 12.8 Å². The van der Waals surface area contributed by atoms with Gasteiger partial charge in [0.15, 0.2) is 0 Å². The first-order valence-electron chi connectivity index (χ1n) is 31.7. The minimum atomic E-state index is -4.44. The number of rotatable bonds is 58. The second-order valence-corrected chi connectivity index (χ2v) is 24.4. The fourth-order valence-corrected chi connectivity index (χ4v) is 10.2. The highest BCUT2D eigenvalue weighted by Crippen LogP contribution is 2.43. The average Bonchev–Trinajstić information content (AvgIpc) is 3.35. The normalized spacial score (nSPS) is 13.8. The largest absolute Gasteiger partial charge is 0.472 e. The summed E-state index contributed by atoms with van der Waals surface area (Å²) >= 11 is 0. The van der Waals surface area contributed by atoms with E-state index in [2.05, 4.69) is 38.2 Å². The molecule has 0 aliphatic rings. The first-order valence-corrected chi connectivity index (χ1v) is 33.2. The molecule has 1 amide bonds. The number of esters is 1. The summed E-state index contributed by atoms with van der Waals surface area (Å²) in [5.74, 6) is -0.494. The molecule has 0 bridgehead atoms. The molecular weight excluding hydrogens is 928 g/mol. The minimum absolute atomic E-state index is 0.0431. The van der Waals surface area contributed by atoms with Crippen LogP contribution in [0.2, 0.25) is 0 Å². The van der Waals surface area contributed by atoms with Crippen LogP contribution in [0, 0.1) is 0 Å². The Balaban J connectivity index is 5.13. The summed E-state index contributed by atoms with van der Waals surface area (Å²) in [5, 5.41) is 3.06. The van der Waals surface area contributed by atoms with Crippen molar-refractivity contribution in [1.29, 1.82) is 0 Å². The molecule has 2 N–H and O–H groups in total. The summed E-state index contributed by atoms with van der Waals surface area (Å²) in [7, 11) is 1.51. The molecule has 0 fully saturated rings. The maximum atomic E-state index is 13.5. The van der Waals surface area contributed by atoms with E-state index in [1.54, 1.807) is 0 Å². The Kier molecular flexibility index (Phi) is 52.8. The molecule has 0 radical (unpaired) electrons. The minimum Gasteiger partial charge on any atom is -0.456 e. The van der Waals surface area contributed by atoms with Crippen LogP contribution >= 0.6 is 7.82 Å². The van der Waals surface area contributed by atoms with Crippen LogP contribution in [0.3, 0.4) is 0 Å². The second-order valence-electron chi connectivity index (χ2n) is 22.9. The molecule has 0 aromatic rings. The van der Waals surface area contributed by atoms with Gasteiger partial charge in [-0.1, -0.05) is 270 Å². The molecule has 432 valence electrons. The topological polar surface area (TPSA) is 111 Å². The number of nitrogens with one attached hydrogen (secondary N) is 1. The van der Waals surface area contributed by atoms with Crippen molar-refractivity contribution in [3.63, 3.8) is 0 Å². The van der Waals surface area contributed by atoms with Crippen LogP contribution in [-0.4, -0.2) is 74.3 Å². The number of quaternary nitrogens is 1. The molecule has 0 saturated heterocycles. The van der Waals surface area contributed by atoms with Crippen molar-refractivity contribution in [2.24, 2.45) is 0 Å². The number of phosphoric ester groups is 1. The zero-order chi connectivity index (χ0) is 53.6. The maximum Gasteiger partial charge on any atom is 0.472 e. The fraction of sp³-hybridized carbons (Fsp3) is 0.905. The lowest BCUT2D eigenvalue weighted by atomic mass is 10.0. The Bertz CT molecular complexity index is 1300. The van der Waals surface area contributed by atoms with E-state index in [-0.39, 0.29) is 25.1 Å². The number of hydrogen-bond acceptors (Lipinski definition) is 6. The fourth-order valence-electron chi connectivity index (χ4n) is 9.47. The summed E-state index contributed by atoms with van der Waals surface area (Å²) in [6.07, 6.45) is 63.2. The van der Waals surface area contributed by atoms with Gasteiger partial charge in [-0.05, 0) is 57.4 Å². The molecule has 0 rings (SSSR count). The lowest BCUT2D eigenvalue weighted by Crippen LogP contribution is -2.47. The van der Waals surface area contributed by atoms with Crippen LogP contribution in [0.1, 0.15) is 316 Å². The molecule has 0 aliphatic heterocycles. The van der Waals surface area contributed by atoms with Crippen LogP contribution in [0.15, 0.2) is 24.3 Å². The monoisotopic (exact) mass is 1050 g/mol. The standard InChI is InChI=1S/C63H123N2O7P/c1-7-10-13-16-19-22-25-27-29-30-31-32-33-34-36-37-40-43-46-49-52-55-62(66)64-60(59-71-73(68,69)70-58-57-65(4,5)6)61(54-51-48-45-42-39-24-21-18-15-12-9-3)72-63(67)56-53-50-47-44-41-38-35-28-26-23-20-17-14-11-8-2/h23,26,51,54,60-61H,7-22,24-25,27-50,52-53,55-59H2,1-6H3,(H-,64,66,68,69)/p+1/b26-23-,54-51+. The summed E-state index contributed by atoms with van der Waals surface area (Å²) in [6, 6.07) is -0.843. The Morgan fingerprint density at radius 1 is 0.466 bits per heavy atom. The molecule has 3 unspecified atom stereocenters. The molecule has 0 aromatic carbocycles. The lowest BCUT2D eigenvalue weighted by Gasteiger charge is -2.27. The first kappa shape index (κ1) is 71.5. The molecule has 0 aromatic heterocycles. The van der Waals surface area contributed by atoms with Crippen molar-refractivity contribution in [1.82, 2.24) is 5.32 Å². The van der Waals surface area contributed by atoms with Gasteiger partial charge in [0.1, 0.15) is 19.3 Å². The third-order valence-corrected chi connectivity index (χ3v) is 15.4. The molecule has 0 spiro atoms. The number of hydrogen-bond donors (Lipinski definition) is 2. The van der Waals surface area contributed by atoms with E-state index in [9.17, 15) is 19.0 Å². The highest BCUT2D eigenvalue weighted by Gasteiger charge is 2.30. The smallest absolute Gasteiger partial charge is 0.456 e. The highest BCUT2D eigenvalue weighted by molar-refractivity contribution is 7.47. The van der Waals surface area contributed by atoms with E-state index < -0.39 is 20.0 Å². The Morgan fingerprint density at radius 2 is 0.795 bits per heavy atom. The maximum absolute atomic E-state index is 13.5. The highest BCUT2D eigenvalue weighted by atomic mass is 31.2. The molecule has 0 aliphatic carbocycles. The number of carbonyl (C=O) groups is 2. The molecule has 0 saturated carbocycles. The van der Waals surface area contributed by atoms with E-state index in [0.717, 1.165) is 57.8 Å². The average molecular weight is 1050 g/mol. The number of allylic oxidation sites excluding steroid dienone is 3.